The van der Waals surface area contributed by atoms with Crippen molar-refractivity contribution < 1.29 is 4.52 Å². The van der Waals surface area contributed by atoms with Gasteiger partial charge in [-0.05, 0) is 61.6 Å². The van der Waals surface area contributed by atoms with Crippen molar-refractivity contribution in [3.63, 3.8) is 0 Å². The first-order chi connectivity index (χ1) is 9.49. The Morgan fingerprint density at radius 3 is 2.75 bits per heavy atom. The minimum atomic E-state index is 0.0336. The summed E-state index contributed by atoms with van der Waals surface area (Å²) in [5, 5.41) is 4.02. The highest BCUT2D eigenvalue weighted by molar-refractivity contribution is 14.1. The van der Waals surface area contributed by atoms with Gasteiger partial charge >= 0.3 is 0 Å². The van der Waals surface area contributed by atoms with E-state index in [0.29, 0.717) is 5.95 Å². The Morgan fingerprint density at radius 2 is 2.10 bits per heavy atom. The summed E-state index contributed by atoms with van der Waals surface area (Å²) in [6.07, 6.45) is 0. The summed E-state index contributed by atoms with van der Waals surface area (Å²) in [6.45, 7) is 5.95. The van der Waals surface area contributed by atoms with Gasteiger partial charge in [0, 0.05) is 9.13 Å². The number of anilines is 1. The number of halogens is 1. The topological polar surface area (TPSA) is 69.9 Å². The van der Waals surface area contributed by atoms with Crippen LogP contribution < -0.4 is 5.73 Å². The maximum Gasteiger partial charge on any atom is 0.201 e. The Labute approximate surface area is 130 Å². The normalized spacial score (nSPS) is 13.0. The molecular weight excluding hydrogens is 367 g/mol. The van der Waals surface area contributed by atoms with Crippen LogP contribution in [0.2, 0.25) is 0 Å². The molecule has 2 N–H and O–H groups in total. The first-order valence-electron chi connectivity index (χ1n) is 6.34. The zero-order valence-corrected chi connectivity index (χ0v) is 13.7. The molecule has 20 heavy (non-hydrogen) atoms. The van der Waals surface area contributed by atoms with Crippen LogP contribution in [0, 0.1) is 17.4 Å². The van der Waals surface area contributed by atoms with E-state index in [1.54, 1.807) is 0 Å². The second-order valence-corrected chi connectivity index (χ2v) is 6.13. The molecule has 3 rings (SSSR count). The van der Waals surface area contributed by atoms with Gasteiger partial charge in [0.05, 0.1) is 22.8 Å². The molecule has 0 aliphatic carbocycles. The number of nitrogens with two attached hydrogens (primary N) is 1. The molecule has 1 atom stereocenters. The molecule has 1 unspecified atom stereocenters. The Hall–Kier alpha value is -1.57. The van der Waals surface area contributed by atoms with Crippen molar-refractivity contribution in [3.05, 3.63) is 38.8 Å². The zero-order chi connectivity index (χ0) is 14.4. The maximum atomic E-state index is 6.11. The van der Waals surface area contributed by atoms with Crippen molar-refractivity contribution in [2.24, 2.45) is 0 Å². The van der Waals surface area contributed by atoms with Gasteiger partial charge in [0.1, 0.15) is 5.76 Å². The highest BCUT2D eigenvalue weighted by Crippen LogP contribution is 2.31. The van der Waals surface area contributed by atoms with Crippen molar-refractivity contribution in [3.8, 4) is 0 Å². The molecule has 0 saturated carbocycles. The first kappa shape index (κ1) is 13.4. The van der Waals surface area contributed by atoms with Gasteiger partial charge in [-0.3, -0.25) is 0 Å². The van der Waals surface area contributed by atoms with Crippen LogP contribution in [0.25, 0.3) is 11.0 Å². The van der Waals surface area contributed by atoms with E-state index in [1.165, 1.54) is 0 Å². The number of hydrogen-bond acceptors (Lipinski definition) is 4. The lowest BCUT2D eigenvalue weighted by molar-refractivity contribution is 0.391. The molecule has 5 nitrogen and oxygen atoms in total. The Bertz CT molecular complexity index is 770. The molecule has 2 heterocycles. The lowest BCUT2D eigenvalue weighted by Crippen LogP contribution is -2.11. The molecule has 2 aromatic heterocycles. The van der Waals surface area contributed by atoms with Gasteiger partial charge in [-0.2, -0.15) is 0 Å². The molecule has 0 aliphatic heterocycles. The number of aryl methyl sites for hydroxylation is 2. The largest absolute Gasteiger partial charge is 0.369 e. The predicted octanol–water partition coefficient (Wildman–Crippen LogP) is 3.44. The lowest BCUT2D eigenvalue weighted by atomic mass is 10.1. The molecule has 1 aromatic carbocycles. The van der Waals surface area contributed by atoms with E-state index < -0.39 is 0 Å². The number of benzene rings is 1. The van der Waals surface area contributed by atoms with Crippen LogP contribution in [0.4, 0.5) is 5.95 Å². The SMILES string of the molecule is Cc1noc(C)c1C(C)n1c(N)nc2cc(I)ccc21. The second kappa shape index (κ2) is 4.76. The van der Waals surface area contributed by atoms with E-state index in [4.69, 9.17) is 10.3 Å². The number of rotatable bonds is 2. The molecule has 0 aliphatic rings. The second-order valence-electron chi connectivity index (χ2n) is 4.89. The molecule has 0 fully saturated rings. The molecule has 0 bridgehead atoms. The summed E-state index contributed by atoms with van der Waals surface area (Å²) >= 11 is 2.27. The lowest BCUT2D eigenvalue weighted by Gasteiger charge is -2.16. The monoisotopic (exact) mass is 382 g/mol. The summed E-state index contributed by atoms with van der Waals surface area (Å²) in [5.74, 6) is 1.33. The Kier molecular flexibility index (Phi) is 3.19. The van der Waals surface area contributed by atoms with E-state index in [1.807, 2.05) is 24.5 Å². The average molecular weight is 382 g/mol. The van der Waals surface area contributed by atoms with Gasteiger partial charge < -0.3 is 14.8 Å². The zero-order valence-electron chi connectivity index (χ0n) is 11.5. The quantitative estimate of drug-likeness (QED) is 0.690. The van der Waals surface area contributed by atoms with E-state index in [-0.39, 0.29) is 6.04 Å². The van der Waals surface area contributed by atoms with E-state index in [0.717, 1.165) is 31.6 Å². The summed E-state index contributed by atoms with van der Waals surface area (Å²) in [4.78, 5) is 4.45. The Morgan fingerprint density at radius 1 is 1.35 bits per heavy atom. The smallest absolute Gasteiger partial charge is 0.201 e. The van der Waals surface area contributed by atoms with Gasteiger partial charge in [0.15, 0.2) is 0 Å². The number of nitrogen functional groups attached to an aromatic ring is 1. The van der Waals surface area contributed by atoms with Crippen molar-refractivity contribution >= 4 is 39.6 Å². The summed E-state index contributed by atoms with van der Waals surface area (Å²) < 4.78 is 8.43. The van der Waals surface area contributed by atoms with Crippen LogP contribution in [0.3, 0.4) is 0 Å². The summed E-state index contributed by atoms with van der Waals surface area (Å²) in [5.41, 5.74) is 10.00. The molecule has 6 heteroatoms. The van der Waals surface area contributed by atoms with Crippen LogP contribution in [-0.4, -0.2) is 14.7 Å². The number of hydrogen-bond donors (Lipinski definition) is 1. The molecule has 0 radical (unpaired) electrons. The van der Waals surface area contributed by atoms with Crippen LogP contribution in [-0.2, 0) is 0 Å². The van der Waals surface area contributed by atoms with Crippen molar-refractivity contribution in [1.29, 1.82) is 0 Å². The highest BCUT2D eigenvalue weighted by Gasteiger charge is 2.21. The van der Waals surface area contributed by atoms with E-state index in [2.05, 4.69) is 51.8 Å². The van der Waals surface area contributed by atoms with Crippen molar-refractivity contribution in [2.45, 2.75) is 26.8 Å². The fourth-order valence-electron chi connectivity index (χ4n) is 2.71. The van der Waals surface area contributed by atoms with Crippen LogP contribution in [0.15, 0.2) is 22.7 Å². The molecular formula is C14H15IN4O. The number of imidazole rings is 1. The summed E-state index contributed by atoms with van der Waals surface area (Å²) in [6, 6.07) is 6.17. The Balaban J connectivity index is 2.22. The molecule has 104 valence electrons. The van der Waals surface area contributed by atoms with Crippen molar-refractivity contribution in [2.75, 3.05) is 5.73 Å². The molecule has 0 saturated heterocycles. The average Bonchev–Trinajstić information content (AvgIpc) is 2.88. The number of nitrogens with zero attached hydrogens (tertiary/aromatic N) is 3. The standard InChI is InChI=1S/C14H15IN4O/c1-7-13(9(3)20-18-7)8(2)19-12-5-4-10(15)6-11(12)17-14(19)16/h4-6,8H,1-3H3,(H2,16,17). The van der Waals surface area contributed by atoms with Crippen molar-refractivity contribution in [1.82, 2.24) is 14.7 Å². The van der Waals surface area contributed by atoms with Crippen LogP contribution >= 0.6 is 22.6 Å². The van der Waals surface area contributed by atoms with Gasteiger partial charge in [0.2, 0.25) is 5.95 Å². The third kappa shape index (κ3) is 1.98. The maximum absolute atomic E-state index is 6.11. The minimum Gasteiger partial charge on any atom is -0.369 e. The molecule has 0 amide bonds. The number of fused-ring (bicyclic) bond motifs is 1. The fraction of sp³-hybridized carbons (Fsp3) is 0.286. The van der Waals surface area contributed by atoms with Crippen LogP contribution in [0.5, 0.6) is 0 Å². The highest BCUT2D eigenvalue weighted by atomic mass is 127. The predicted molar refractivity (Wildman–Crippen MR) is 86.7 cm³/mol. The van der Waals surface area contributed by atoms with Gasteiger partial charge in [-0.25, -0.2) is 4.98 Å². The third-order valence-electron chi connectivity index (χ3n) is 3.57. The van der Waals surface area contributed by atoms with Gasteiger partial charge in [0.25, 0.3) is 0 Å². The van der Waals surface area contributed by atoms with E-state index in [9.17, 15) is 0 Å². The number of aromatic nitrogens is 3. The minimum absolute atomic E-state index is 0.0336. The summed E-state index contributed by atoms with van der Waals surface area (Å²) in [7, 11) is 0. The van der Waals surface area contributed by atoms with Gasteiger partial charge in [-0.15, -0.1) is 0 Å². The molecule has 3 aromatic rings. The molecule has 0 spiro atoms. The fourth-order valence-corrected chi connectivity index (χ4v) is 3.19. The first-order valence-corrected chi connectivity index (χ1v) is 7.42. The third-order valence-corrected chi connectivity index (χ3v) is 4.24. The van der Waals surface area contributed by atoms with E-state index >= 15 is 0 Å². The van der Waals surface area contributed by atoms with Crippen LogP contribution in [0.1, 0.15) is 30.0 Å². The van der Waals surface area contributed by atoms with Gasteiger partial charge in [-0.1, -0.05) is 5.16 Å².